The van der Waals surface area contributed by atoms with Crippen molar-refractivity contribution in [3.8, 4) is 0 Å². The minimum atomic E-state index is -1.13. The number of nitrogens with zero attached hydrogens (tertiary/aromatic N) is 2. The van der Waals surface area contributed by atoms with E-state index in [0.717, 1.165) is 6.42 Å². The molecule has 2 heterocycles. The quantitative estimate of drug-likeness (QED) is 0.908. The van der Waals surface area contributed by atoms with Crippen LogP contribution in [0.3, 0.4) is 0 Å². The van der Waals surface area contributed by atoms with Crippen molar-refractivity contribution in [2.24, 2.45) is 0 Å². The number of β-amino-alcohol motifs (C(OH)–C–C–N with tert-alkyl or cyclic N) is 1. The van der Waals surface area contributed by atoms with Gasteiger partial charge in [0.15, 0.2) is 0 Å². The minimum Gasteiger partial charge on any atom is -0.381 e. The van der Waals surface area contributed by atoms with Gasteiger partial charge in [-0.2, -0.15) is 0 Å². The Bertz CT molecular complexity index is 611. The lowest BCUT2D eigenvalue weighted by atomic mass is 9.85. The molecule has 6 heteroatoms. The zero-order valence-electron chi connectivity index (χ0n) is 13.2. The van der Waals surface area contributed by atoms with Gasteiger partial charge in [0, 0.05) is 13.0 Å². The van der Waals surface area contributed by atoms with E-state index in [0.29, 0.717) is 24.9 Å². The summed E-state index contributed by atoms with van der Waals surface area (Å²) in [5.74, 6) is -0.447. The number of amides is 2. The molecule has 0 bridgehead atoms. The van der Waals surface area contributed by atoms with Gasteiger partial charge in [-0.3, -0.25) is 9.59 Å². The smallest absolute Gasteiger partial charge is 0.245 e. The summed E-state index contributed by atoms with van der Waals surface area (Å²) >= 11 is 0. The van der Waals surface area contributed by atoms with Crippen LogP contribution < -0.4 is 0 Å². The Labute approximate surface area is 134 Å². The Morgan fingerprint density at radius 1 is 1.35 bits per heavy atom. The Morgan fingerprint density at radius 3 is 2.52 bits per heavy atom. The highest BCUT2D eigenvalue weighted by molar-refractivity contribution is 5.89. The second kappa shape index (κ2) is 5.92. The second-order valence-corrected chi connectivity index (χ2v) is 6.35. The van der Waals surface area contributed by atoms with Crippen LogP contribution in [-0.2, 0) is 15.2 Å². The van der Waals surface area contributed by atoms with Crippen LogP contribution in [-0.4, -0.2) is 52.4 Å². The first-order valence-electron chi connectivity index (χ1n) is 8.01. The molecule has 0 unspecified atom stereocenters. The number of halogens is 1. The molecule has 0 radical (unpaired) electrons. The summed E-state index contributed by atoms with van der Waals surface area (Å²) in [6.45, 7) is 2.87. The summed E-state index contributed by atoms with van der Waals surface area (Å²) in [7, 11) is 0. The van der Waals surface area contributed by atoms with Crippen molar-refractivity contribution in [1.29, 1.82) is 0 Å². The number of carbonyl (C=O) groups excluding carboxylic acids is 2. The normalized spacial score (nSPS) is 21.3. The summed E-state index contributed by atoms with van der Waals surface area (Å²) in [4.78, 5) is 27.7. The fourth-order valence-electron chi connectivity index (χ4n) is 3.42. The maximum absolute atomic E-state index is 13.0. The third-order valence-electron chi connectivity index (χ3n) is 4.76. The molecule has 2 aliphatic rings. The van der Waals surface area contributed by atoms with Gasteiger partial charge in [0.2, 0.25) is 11.8 Å². The van der Waals surface area contributed by atoms with Crippen LogP contribution in [0.1, 0.15) is 31.7 Å². The predicted molar refractivity (Wildman–Crippen MR) is 81.9 cm³/mol. The Morgan fingerprint density at radius 2 is 2.00 bits per heavy atom. The van der Waals surface area contributed by atoms with Crippen LogP contribution in [0.25, 0.3) is 0 Å². The van der Waals surface area contributed by atoms with Crippen molar-refractivity contribution in [1.82, 2.24) is 9.80 Å². The molecule has 2 aliphatic heterocycles. The van der Waals surface area contributed by atoms with Crippen LogP contribution in [0.15, 0.2) is 24.3 Å². The molecule has 1 atom stereocenters. The van der Waals surface area contributed by atoms with Crippen LogP contribution in [0.5, 0.6) is 0 Å². The standard InChI is InChI=1S/C17H21FN2O3/c1-2-14(20-9-3-4-15(20)21)16(22)19-10-17(23,11-19)12-5-7-13(18)8-6-12/h5-8,14,23H,2-4,9-11H2,1H3/t14-/m1/s1. The van der Waals surface area contributed by atoms with Crippen molar-refractivity contribution in [2.75, 3.05) is 19.6 Å². The molecule has 0 spiro atoms. The topological polar surface area (TPSA) is 60.9 Å². The molecule has 0 aliphatic carbocycles. The van der Waals surface area contributed by atoms with Gasteiger partial charge < -0.3 is 14.9 Å². The summed E-state index contributed by atoms with van der Waals surface area (Å²) < 4.78 is 13.0. The number of benzene rings is 1. The van der Waals surface area contributed by atoms with Gasteiger partial charge in [-0.1, -0.05) is 19.1 Å². The van der Waals surface area contributed by atoms with E-state index >= 15 is 0 Å². The van der Waals surface area contributed by atoms with Gasteiger partial charge in [-0.15, -0.1) is 0 Å². The van der Waals surface area contributed by atoms with Crippen molar-refractivity contribution < 1.29 is 19.1 Å². The zero-order valence-corrected chi connectivity index (χ0v) is 13.2. The van der Waals surface area contributed by atoms with E-state index in [-0.39, 0.29) is 30.7 Å². The largest absolute Gasteiger partial charge is 0.381 e. The summed E-state index contributed by atoms with van der Waals surface area (Å²) in [6, 6.07) is 5.24. The Kier molecular flexibility index (Phi) is 4.10. The lowest BCUT2D eigenvalue weighted by molar-refractivity contribution is -0.164. The molecule has 2 saturated heterocycles. The molecule has 5 nitrogen and oxygen atoms in total. The fourth-order valence-corrected chi connectivity index (χ4v) is 3.42. The van der Waals surface area contributed by atoms with E-state index in [2.05, 4.69) is 0 Å². The minimum absolute atomic E-state index is 0.0273. The molecule has 2 amide bonds. The van der Waals surface area contributed by atoms with Gasteiger partial charge in [0.1, 0.15) is 17.5 Å². The fraction of sp³-hybridized carbons (Fsp3) is 0.529. The molecule has 3 rings (SSSR count). The van der Waals surface area contributed by atoms with Crippen molar-refractivity contribution >= 4 is 11.8 Å². The van der Waals surface area contributed by atoms with Gasteiger partial charge in [-0.05, 0) is 30.5 Å². The van der Waals surface area contributed by atoms with Crippen molar-refractivity contribution in [3.63, 3.8) is 0 Å². The second-order valence-electron chi connectivity index (χ2n) is 6.35. The maximum Gasteiger partial charge on any atom is 0.245 e. The maximum atomic E-state index is 13.0. The molecule has 1 aromatic carbocycles. The molecule has 1 aromatic rings. The molecule has 124 valence electrons. The number of hydrogen-bond donors (Lipinski definition) is 1. The van der Waals surface area contributed by atoms with Crippen LogP contribution in [0, 0.1) is 5.82 Å². The first-order chi connectivity index (χ1) is 10.9. The number of carbonyl (C=O) groups is 2. The third kappa shape index (κ3) is 2.83. The molecular formula is C17H21FN2O3. The van der Waals surface area contributed by atoms with E-state index in [9.17, 15) is 19.1 Å². The number of hydrogen-bond acceptors (Lipinski definition) is 3. The number of rotatable bonds is 4. The Hall–Kier alpha value is -1.95. The molecule has 23 heavy (non-hydrogen) atoms. The molecule has 0 saturated carbocycles. The highest BCUT2D eigenvalue weighted by Gasteiger charge is 2.47. The highest BCUT2D eigenvalue weighted by atomic mass is 19.1. The van der Waals surface area contributed by atoms with Crippen LogP contribution in [0.2, 0.25) is 0 Å². The molecule has 1 N–H and O–H groups in total. The third-order valence-corrected chi connectivity index (χ3v) is 4.76. The Balaban J connectivity index is 1.66. The first-order valence-corrected chi connectivity index (χ1v) is 8.01. The number of aliphatic hydroxyl groups is 1. The molecule has 2 fully saturated rings. The highest BCUT2D eigenvalue weighted by Crippen LogP contribution is 2.33. The lowest BCUT2D eigenvalue weighted by Crippen LogP contribution is -2.64. The van der Waals surface area contributed by atoms with E-state index < -0.39 is 11.6 Å². The van der Waals surface area contributed by atoms with Crippen LogP contribution in [0.4, 0.5) is 4.39 Å². The SMILES string of the molecule is CC[C@H](C(=O)N1CC(O)(c2ccc(F)cc2)C1)N1CCCC1=O. The van der Waals surface area contributed by atoms with Gasteiger partial charge in [0.25, 0.3) is 0 Å². The predicted octanol–water partition coefficient (Wildman–Crippen LogP) is 1.26. The molecular weight excluding hydrogens is 299 g/mol. The van der Waals surface area contributed by atoms with E-state index in [1.165, 1.54) is 12.1 Å². The van der Waals surface area contributed by atoms with E-state index in [1.807, 2.05) is 6.92 Å². The van der Waals surface area contributed by atoms with Gasteiger partial charge in [-0.25, -0.2) is 4.39 Å². The van der Waals surface area contributed by atoms with E-state index in [4.69, 9.17) is 0 Å². The number of likely N-dealkylation sites (tertiary alicyclic amines) is 2. The first kappa shape index (κ1) is 15.9. The van der Waals surface area contributed by atoms with Gasteiger partial charge >= 0.3 is 0 Å². The molecule has 0 aromatic heterocycles. The summed E-state index contributed by atoms with van der Waals surface area (Å²) in [5.41, 5.74) is -0.523. The van der Waals surface area contributed by atoms with Crippen LogP contribution >= 0.6 is 0 Å². The van der Waals surface area contributed by atoms with Crippen molar-refractivity contribution in [3.05, 3.63) is 35.6 Å². The average molecular weight is 320 g/mol. The average Bonchev–Trinajstić information content (AvgIpc) is 2.91. The summed E-state index contributed by atoms with van der Waals surface area (Å²) in [6.07, 6.45) is 1.86. The summed E-state index contributed by atoms with van der Waals surface area (Å²) in [5, 5.41) is 10.6. The monoisotopic (exact) mass is 320 g/mol. The zero-order chi connectivity index (χ0) is 16.6. The van der Waals surface area contributed by atoms with Crippen molar-refractivity contribution in [2.45, 2.75) is 37.8 Å². The van der Waals surface area contributed by atoms with E-state index in [1.54, 1.807) is 21.9 Å². The lowest BCUT2D eigenvalue weighted by Gasteiger charge is -2.48. The van der Waals surface area contributed by atoms with Gasteiger partial charge in [0.05, 0.1) is 13.1 Å².